The monoisotopic (exact) mass is 690 g/mol. The highest BCUT2D eigenvalue weighted by Crippen LogP contribution is 2.37. The number of halogens is 1. The molecule has 0 radical (unpaired) electrons. The minimum absolute atomic E-state index is 0.149. The Labute approximate surface area is 290 Å². The molecule has 5 atom stereocenters. The fourth-order valence-electron chi connectivity index (χ4n) is 7.18. The van der Waals surface area contributed by atoms with Crippen molar-refractivity contribution in [3.8, 4) is 11.5 Å². The summed E-state index contributed by atoms with van der Waals surface area (Å²) >= 11 is 6.42. The van der Waals surface area contributed by atoms with E-state index in [1.165, 1.54) is 20.6 Å². The van der Waals surface area contributed by atoms with E-state index in [1.54, 1.807) is 24.0 Å². The van der Waals surface area contributed by atoms with Crippen molar-refractivity contribution in [2.75, 3.05) is 20.8 Å². The Hall–Kier alpha value is -3.05. The number of benzene rings is 1. The van der Waals surface area contributed by atoms with Gasteiger partial charge in [-0.05, 0) is 68.3 Å². The maximum Gasteiger partial charge on any atom is 0.246 e. The SMILES string of the molecule is COc1cc(OC)c(/C(CC2CC(C(=O)N[C@@H](CC3CC3)C(C)O)N(C(=O)C(NC(=O)CC3CCCCC3)C(C)(C)C)C2)=N/O)cc1Cl. The fourth-order valence-corrected chi connectivity index (χ4v) is 7.42. The van der Waals surface area contributed by atoms with E-state index in [1.807, 2.05) is 20.8 Å². The fraction of sp³-hybridized carbons (Fsp3) is 0.722. The van der Waals surface area contributed by atoms with Gasteiger partial charge >= 0.3 is 0 Å². The topological polar surface area (TPSA) is 150 Å². The van der Waals surface area contributed by atoms with E-state index in [0.29, 0.717) is 58.9 Å². The Balaban J connectivity index is 1.59. The van der Waals surface area contributed by atoms with Gasteiger partial charge in [0.25, 0.3) is 0 Å². The highest BCUT2D eigenvalue weighted by molar-refractivity contribution is 6.32. The highest BCUT2D eigenvalue weighted by Gasteiger charge is 2.46. The number of amides is 3. The quantitative estimate of drug-likeness (QED) is 0.117. The van der Waals surface area contributed by atoms with Crippen LogP contribution in [0.5, 0.6) is 11.5 Å². The molecule has 1 aromatic carbocycles. The van der Waals surface area contributed by atoms with E-state index in [0.717, 1.165) is 38.5 Å². The second-order valence-electron chi connectivity index (χ2n) is 15.2. The Kier molecular flexibility index (Phi) is 13.0. The summed E-state index contributed by atoms with van der Waals surface area (Å²) in [5.74, 6) is 0.499. The number of carbonyl (C=O) groups is 3. The Bertz CT molecular complexity index is 1320. The molecule has 0 spiro atoms. The van der Waals surface area contributed by atoms with Crippen molar-refractivity contribution in [1.29, 1.82) is 0 Å². The summed E-state index contributed by atoms with van der Waals surface area (Å²) < 4.78 is 10.9. The van der Waals surface area contributed by atoms with Crippen molar-refractivity contribution in [2.45, 2.75) is 123 Å². The zero-order valence-corrected chi connectivity index (χ0v) is 30.1. The van der Waals surface area contributed by atoms with Crippen LogP contribution in [0.4, 0.5) is 0 Å². The van der Waals surface area contributed by atoms with Crippen molar-refractivity contribution in [1.82, 2.24) is 15.5 Å². The molecule has 11 nitrogen and oxygen atoms in total. The molecule has 2 aliphatic carbocycles. The maximum atomic E-state index is 14.5. The van der Waals surface area contributed by atoms with Crippen molar-refractivity contribution in [2.24, 2.45) is 28.3 Å². The number of likely N-dealkylation sites (tertiary alicyclic amines) is 1. The predicted octanol–water partition coefficient (Wildman–Crippen LogP) is 5.31. The minimum Gasteiger partial charge on any atom is -0.496 e. The van der Waals surface area contributed by atoms with Gasteiger partial charge in [0.1, 0.15) is 23.6 Å². The standard InChI is InChI=1S/C36H55ClN4O7/c1-21(42)27(14-23-12-13-23)38-34(44)29-16-24(15-28(40-46)25-18-26(37)31(48-6)19-30(25)47-5)20-41(29)35(45)33(36(2,3)4)39-32(43)17-22-10-8-7-9-11-22/h18-19,21-24,27,29,33,42,46H,7-17,20H2,1-6H3,(H,38,44)(H,39,43)/b40-28+/t21?,24?,27-,29?,33?/m0/s1. The van der Waals surface area contributed by atoms with Crippen LogP contribution < -0.4 is 20.1 Å². The molecule has 1 heterocycles. The summed E-state index contributed by atoms with van der Waals surface area (Å²) in [6, 6.07) is 1.09. The van der Waals surface area contributed by atoms with Crippen LogP contribution in [0.15, 0.2) is 17.3 Å². The number of methoxy groups -OCH3 is 2. The molecule has 268 valence electrons. The number of hydrogen-bond donors (Lipinski definition) is 4. The lowest BCUT2D eigenvalue weighted by molar-refractivity contribution is -0.144. The lowest BCUT2D eigenvalue weighted by atomic mass is 9.84. The second kappa shape index (κ2) is 16.6. The average Bonchev–Trinajstić information content (AvgIpc) is 3.77. The first kappa shape index (κ1) is 37.8. The van der Waals surface area contributed by atoms with Gasteiger partial charge in [-0.1, -0.05) is 69.6 Å². The van der Waals surface area contributed by atoms with Gasteiger partial charge in [0, 0.05) is 24.6 Å². The first-order valence-electron chi connectivity index (χ1n) is 17.5. The summed E-state index contributed by atoms with van der Waals surface area (Å²) in [6.07, 6.45) is 8.43. The summed E-state index contributed by atoms with van der Waals surface area (Å²) in [5.41, 5.74) is 0.133. The van der Waals surface area contributed by atoms with E-state index in [9.17, 15) is 24.7 Å². The Morgan fingerprint density at radius 1 is 0.979 bits per heavy atom. The third-order valence-corrected chi connectivity index (χ3v) is 10.5. The van der Waals surface area contributed by atoms with E-state index >= 15 is 0 Å². The van der Waals surface area contributed by atoms with Crippen LogP contribution in [-0.2, 0) is 14.4 Å². The number of ether oxygens (including phenoxy) is 2. The third kappa shape index (κ3) is 9.77. The predicted molar refractivity (Wildman–Crippen MR) is 185 cm³/mol. The molecule has 4 rings (SSSR count). The molecule has 1 aromatic rings. The normalized spacial score (nSPS) is 22.5. The molecule has 3 amide bonds. The smallest absolute Gasteiger partial charge is 0.246 e. The summed E-state index contributed by atoms with van der Waals surface area (Å²) in [6.45, 7) is 7.61. The molecule has 48 heavy (non-hydrogen) atoms. The Morgan fingerprint density at radius 3 is 2.21 bits per heavy atom. The van der Waals surface area contributed by atoms with Gasteiger partial charge < -0.3 is 35.3 Å². The largest absolute Gasteiger partial charge is 0.496 e. The summed E-state index contributed by atoms with van der Waals surface area (Å²) in [4.78, 5) is 43.3. The molecule has 3 fully saturated rings. The lowest BCUT2D eigenvalue weighted by Crippen LogP contribution is -2.58. The molecule has 4 unspecified atom stereocenters. The first-order valence-corrected chi connectivity index (χ1v) is 17.8. The first-order chi connectivity index (χ1) is 22.7. The zero-order valence-electron chi connectivity index (χ0n) is 29.4. The second-order valence-corrected chi connectivity index (χ2v) is 15.6. The number of aliphatic hydroxyl groups is 1. The molecule has 0 bridgehead atoms. The molecular weight excluding hydrogens is 636 g/mol. The molecule has 1 saturated heterocycles. The minimum atomic E-state index is -0.854. The van der Waals surface area contributed by atoms with Crippen molar-refractivity contribution < 1.29 is 34.2 Å². The highest BCUT2D eigenvalue weighted by atomic mass is 35.5. The van der Waals surface area contributed by atoms with Gasteiger partial charge in [0.2, 0.25) is 17.7 Å². The van der Waals surface area contributed by atoms with Gasteiger partial charge in [0.15, 0.2) is 0 Å². The van der Waals surface area contributed by atoms with Crippen LogP contribution in [0.2, 0.25) is 5.02 Å². The van der Waals surface area contributed by atoms with E-state index in [2.05, 4.69) is 15.8 Å². The van der Waals surface area contributed by atoms with Crippen LogP contribution in [0.3, 0.4) is 0 Å². The van der Waals surface area contributed by atoms with Crippen molar-refractivity contribution >= 4 is 35.0 Å². The molecular formula is C36H55ClN4O7. The van der Waals surface area contributed by atoms with Gasteiger partial charge in [-0.2, -0.15) is 0 Å². The zero-order chi connectivity index (χ0) is 35.2. The van der Waals surface area contributed by atoms with E-state index < -0.39 is 29.6 Å². The number of carbonyl (C=O) groups excluding carboxylic acids is 3. The molecule has 4 N–H and O–H groups in total. The van der Waals surface area contributed by atoms with Gasteiger partial charge in [-0.15, -0.1) is 0 Å². The number of nitrogens with zero attached hydrogens (tertiary/aromatic N) is 2. The van der Waals surface area contributed by atoms with Gasteiger partial charge in [-0.25, -0.2) is 0 Å². The average molecular weight is 691 g/mol. The molecule has 12 heteroatoms. The number of rotatable bonds is 14. The van der Waals surface area contributed by atoms with Crippen LogP contribution in [0.25, 0.3) is 0 Å². The summed E-state index contributed by atoms with van der Waals surface area (Å²) in [5, 5.41) is 30.6. The Morgan fingerprint density at radius 2 is 1.65 bits per heavy atom. The number of aliphatic hydroxyl groups excluding tert-OH is 1. The third-order valence-electron chi connectivity index (χ3n) is 10.2. The molecule has 2 saturated carbocycles. The van der Waals surface area contributed by atoms with Crippen LogP contribution in [-0.4, -0.2) is 83.6 Å². The number of hydrogen-bond acceptors (Lipinski definition) is 8. The maximum absolute atomic E-state index is 14.5. The van der Waals surface area contributed by atoms with Crippen molar-refractivity contribution in [3.63, 3.8) is 0 Å². The van der Waals surface area contributed by atoms with Gasteiger partial charge in [0.05, 0.1) is 37.1 Å². The molecule has 1 aliphatic heterocycles. The van der Waals surface area contributed by atoms with Crippen LogP contribution >= 0.6 is 11.6 Å². The molecule has 0 aromatic heterocycles. The van der Waals surface area contributed by atoms with E-state index in [4.69, 9.17) is 21.1 Å². The number of oxime groups is 1. The van der Waals surface area contributed by atoms with Crippen LogP contribution in [0, 0.1) is 23.2 Å². The number of nitrogens with one attached hydrogen (secondary N) is 2. The lowest BCUT2D eigenvalue weighted by Gasteiger charge is -2.36. The summed E-state index contributed by atoms with van der Waals surface area (Å²) in [7, 11) is 2.99. The van der Waals surface area contributed by atoms with Crippen molar-refractivity contribution in [3.05, 3.63) is 22.7 Å². The molecule has 3 aliphatic rings. The van der Waals surface area contributed by atoms with Gasteiger partial charge in [-0.3, -0.25) is 14.4 Å². The van der Waals surface area contributed by atoms with Crippen LogP contribution in [0.1, 0.15) is 104 Å². The van der Waals surface area contributed by atoms with E-state index in [-0.39, 0.29) is 36.6 Å².